The number of halogens is 1. The number of aliphatic hydroxyl groups is 1. The van der Waals surface area contributed by atoms with Crippen molar-refractivity contribution in [3.63, 3.8) is 0 Å². The largest absolute Gasteiger partial charge is 0.443 e. The molecule has 2 aromatic rings. The van der Waals surface area contributed by atoms with Crippen LogP contribution in [0.3, 0.4) is 0 Å². The number of carbonyl (C=O) groups excluding carboxylic acids is 1. The van der Waals surface area contributed by atoms with Gasteiger partial charge in [-0.05, 0) is 87.0 Å². The van der Waals surface area contributed by atoms with E-state index in [1.165, 1.54) is 0 Å². The fourth-order valence-electron chi connectivity index (χ4n) is 6.25. The van der Waals surface area contributed by atoms with E-state index in [1.54, 1.807) is 36.3 Å². The Morgan fingerprint density at radius 3 is 2.63 bits per heavy atom. The molecule has 5 rings (SSSR count). The number of piperazine rings is 1. The van der Waals surface area contributed by atoms with Crippen LogP contribution in [0.1, 0.15) is 68.9 Å². The van der Waals surface area contributed by atoms with Crippen LogP contribution in [0.5, 0.6) is 0 Å². The van der Waals surface area contributed by atoms with Crippen LogP contribution in [-0.4, -0.2) is 67.3 Å². The molecule has 218 valence electrons. The number of hydrogen-bond donors (Lipinski definition) is 1. The molecule has 0 unspecified atom stereocenters. The average Bonchev–Trinajstić information content (AvgIpc) is 3.57. The van der Waals surface area contributed by atoms with Crippen LogP contribution >= 0.6 is 11.6 Å². The van der Waals surface area contributed by atoms with Gasteiger partial charge in [0.2, 0.25) is 0 Å². The van der Waals surface area contributed by atoms with Gasteiger partial charge in [0.25, 0.3) is 0 Å². The molecule has 0 spiro atoms. The molecule has 1 N–H and O–H groups in total. The minimum absolute atomic E-state index is 0.0528. The molecule has 1 saturated heterocycles. The number of aromatic nitrogens is 3. The summed E-state index contributed by atoms with van der Waals surface area (Å²) in [5, 5.41) is 12.4. The Labute approximate surface area is 247 Å². The zero-order valence-corrected chi connectivity index (χ0v) is 25.0. The first kappa shape index (κ1) is 29.3. The van der Waals surface area contributed by atoms with Crippen molar-refractivity contribution in [1.82, 2.24) is 24.3 Å². The highest BCUT2D eigenvalue weighted by Crippen LogP contribution is 2.38. The monoisotopic (exact) mass is 577 g/mol. The van der Waals surface area contributed by atoms with Gasteiger partial charge in [0.05, 0.1) is 30.0 Å². The highest BCUT2D eigenvalue weighted by atomic mass is 35.5. The predicted octanol–water partition coefficient (Wildman–Crippen LogP) is 5.87. The van der Waals surface area contributed by atoms with Crippen LogP contribution in [-0.2, 0) is 17.4 Å². The molecule has 41 heavy (non-hydrogen) atoms. The molecular formula is C32H40ClN5O3. The number of amides is 1. The van der Waals surface area contributed by atoms with Gasteiger partial charge in [0.1, 0.15) is 11.2 Å². The number of allylic oxidation sites excluding steroid dienone is 3. The lowest BCUT2D eigenvalue weighted by atomic mass is 9.85. The number of ether oxygens (including phenoxy) is 1. The lowest BCUT2D eigenvalue weighted by molar-refractivity contribution is -0.00508. The van der Waals surface area contributed by atoms with E-state index in [0.29, 0.717) is 54.5 Å². The Balaban J connectivity index is 1.45. The van der Waals surface area contributed by atoms with Crippen molar-refractivity contribution in [2.75, 3.05) is 26.2 Å². The van der Waals surface area contributed by atoms with Crippen molar-refractivity contribution in [2.45, 2.75) is 63.2 Å². The van der Waals surface area contributed by atoms with E-state index in [2.05, 4.69) is 22.5 Å². The van der Waals surface area contributed by atoms with Crippen molar-refractivity contribution in [1.29, 1.82) is 0 Å². The number of pyridine rings is 1. The van der Waals surface area contributed by atoms with Crippen LogP contribution in [0, 0.1) is 0 Å². The molecule has 0 radical (unpaired) electrons. The predicted molar refractivity (Wildman–Crippen MR) is 161 cm³/mol. The summed E-state index contributed by atoms with van der Waals surface area (Å²) >= 11 is 6.62. The third-order valence-electron chi connectivity index (χ3n) is 8.63. The maximum Gasteiger partial charge on any atom is 0.410 e. The quantitative estimate of drug-likeness (QED) is 0.489. The number of fused-ring (bicyclic) bond motifs is 1. The third-order valence-corrected chi connectivity index (χ3v) is 8.86. The molecule has 3 aliphatic rings. The van der Waals surface area contributed by atoms with Crippen molar-refractivity contribution in [3.05, 3.63) is 88.8 Å². The Morgan fingerprint density at radius 2 is 1.95 bits per heavy atom. The van der Waals surface area contributed by atoms with Gasteiger partial charge in [0.15, 0.2) is 0 Å². The molecule has 0 bridgehead atoms. The number of aryl methyl sites for hydroxylation is 1. The summed E-state index contributed by atoms with van der Waals surface area (Å²) in [6.45, 7) is 10.6. The van der Waals surface area contributed by atoms with Crippen molar-refractivity contribution in [3.8, 4) is 0 Å². The van der Waals surface area contributed by atoms with Crippen LogP contribution in [0.25, 0.3) is 6.08 Å². The molecule has 2 aliphatic carbocycles. The summed E-state index contributed by atoms with van der Waals surface area (Å²) in [4.78, 5) is 26.2. The number of nitrogens with zero attached hydrogens (tertiary/aromatic N) is 5. The van der Waals surface area contributed by atoms with E-state index < -0.39 is 5.60 Å². The number of rotatable bonds is 4. The fraction of sp³-hybridized carbons (Fsp3) is 0.469. The van der Waals surface area contributed by atoms with Crippen LogP contribution in [0.4, 0.5) is 4.79 Å². The second-order valence-corrected chi connectivity index (χ2v) is 12.2. The van der Waals surface area contributed by atoms with E-state index in [0.717, 1.165) is 36.9 Å². The molecule has 1 amide bonds. The highest BCUT2D eigenvalue weighted by Gasteiger charge is 2.37. The van der Waals surface area contributed by atoms with Crippen LogP contribution in [0.2, 0.25) is 0 Å². The van der Waals surface area contributed by atoms with E-state index in [9.17, 15) is 9.90 Å². The molecule has 3 heterocycles. The van der Waals surface area contributed by atoms with E-state index >= 15 is 0 Å². The smallest absolute Gasteiger partial charge is 0.410 e. The number of hydrogen-bond acceptors (Lipinski definition) is 6. The maximum atomic E-state index is 13.0. The third kappa shape index (κ3) is 6.35. The zero-order valence-electron chi connectivity index (χ0n) is 24.2. The van der Waals surface area contributed by atoms with Crippen LogP contribution < -0.4 is 0 Å². The summed E-state index contributed by atoms with van der Waals surface area (Å²) in [6, 6.07) is 3.87. The summed E-state index contributed by atoms with van der Waals surface area (Å²) in [7, 11) is 1.85. The molecule has 2 atom stereocenters. The summed E-state index contributed by atoms with van der Waals surface area (Å²) < 4.78 is 7.74. The van der Waals surface area contributed by atoms with Crippen LogP contribution in [0.15, 0.2) is 71.8 Å². The first-order valence-electron chi connectivity index (χ1n) is 14.4. The van der Waals surface area contributed by atoms with Crippen molar-refractivity contribution >= 4 is 23.8 Å². The normalized spacial score (nSPS) is 25.2. The van der Waals surface area contributed by atoms with Gasteiger partial charge in [-0.3, -0.25) is 9.88 Å². The molecule has 0 aromatic carbocycles. The van der Waals surface area contributed by atoms with Gasteiger partial charge >= 0.3 is 6.09 Å². The molecule has 8 nitrogen and oxygen atoms in total. The fourth-order valence-corrected chi connectivity index (χ4v) is 6.47. The molecule has 2 aromatic heterocycles. The Morgan fingerprint density at radius 1 is 1.22 bits per heavy atom. The standard InChI is InChI=1S/C32H40ClN5O3/c1-23-19-25(33)10-7-11-27(37-15-17-38(18-16-37)30(39)41-31(2)12-5-6-13-31)29-24(9-8-14-35-29)20-26(23)32(3,40)28-21-34-22-36(28)4/h7-10,14,19-22,27,40H,1,5-6,11-13,15-18H2,2-4H3/b10-7-,25-19+,26-20?/t27-,32-/m0/s1. The first-order valence-corrected chi connectivity index (χ1v) is 14.8. The summed E-state index contributed by atoms with van der Waals surface area (Å²) in [5.74, 6) is 0. The second kappa shape index (κ2) is 12.0. The van der Waals surface area contributed by atoms with Crippen molar-refractivity contribution in [2.24, 2.45) is 7.05 Å². The van der Waals surface area contributed by atoms with Gasteiger partial charge in [0, 0.05) is 44.5 Å². The lowest BCUT2D eigenvalue weighted by Gasteiger charge is -2.40. The van der Waals surface area contributed by atoms with E-state index in [-0.39, 0.29) is 17.7 Å². The molecule has 1 aliphatic heterocycles. The summed E-state index contributed by atoms with van der Waals surface area (Å²) in [6.07, 6.45) is 17.4. The van der Waals surface area contributed by atoms with Gasteiger partial charge in [-0.15, -0.1) is 0 Å². The van der Waals surface area contributed by atoms with E-state index in [1.807, 2.05) is 43.2 Å². The van der Waals surface area contributed by atoms with Gasteiger partial charge < -0.3 is 19.3 Å². The average molecular weight is 578 g/mol. The minimum Gasteiger partial charge on any atom is -0.443 e. The maximum absolute atomic E-state index is 13.0. The molecular weight excluding hydrogens is 538 g/mol. The summed E-state index contributed by atoms with van der Waals surface area (Å²) in [5.41, 5.74) is 1.91. The Hall–Kier alpha value is -3.20. The Kier molecular flexibility index (Phi) is 8.55. The number of carbonyl (C=O) groups is 1. The van der Waals surface area contributed by atoms with Crippen molar-refractivity contribution < 1.29 is 14.6 Å². The zero-order chi connectivity index (χ0) is 29.2. The van der Waals surface area contributed by atoms with Gasteiger partial charge in [-0.25, -0.2) is 9.78 Å². The Bertz CT molecular complexity index is 1380. The molecule has 9 heteroatoms. The lowest BCUT2D eigenvalue weighted by Crippen LogP contribution is -2.51. The second-order valence-electron chi connectivity index (χ2n) is 11.8. The van der Waals surface area contributed by atoms with E-state index in [4.69, 9.17) is 21.3 Å². The number of imidazole rings is 1. The minimum atomic E-state index is -1.39. The molecule has 2 fully saturated rings. The topological polar surface area (TPSA) is 83.7 Å². The molecule has 1 saturated carbocycles. The first-order chi connectivity index (χ1) is 19.6. The van der Waals surface area contributed by atoms with Gasteiger partial charge in [-0.2, -0.15) is 0 Å². The highest BCUT2D eigenvalue weighted by molar-refractivity contribution is 6.31. The van der Waals surface area contributed by atoms with Gasteiger partial charge in [-0.1, -0.05) is 30.3 Å². The SMILES string of the molecule is C=C1/C=C(Cl)\C=C/C[C@H](N2CCN(C(=O)OC3(C)CCCC3)CC2)c2ncccc2C=C1[C@](C)(O)c1cncn1C.